The molecule has 2 amide bonds. The summed E-state index contributed by atoms with van der Waals surface area (Å²) in [5.74, 6) is 0.384. The normalized spacial score (nSPS) is 18.5. The van der Waals surface area contributed by atoms with Gasteiger partial charge in [0.2, 0.25) is 11.8 Å². The lowest BCUT2D eigenvalue weighted by Crippen LogP contribution is -2.43. The fourth-order valence-electron chi connectivity index (χ4n) is 2.06. The zero-order valence-electron chi connectivity index (χ0n) is 9.51. The maximum atomic E-state index is 11.5. The van der Waals surface area contributed by atoms with Crippen LogP contribution in [-0.2, 0) is 9.59 Å². The first-order valence-corrected chi connectivity index (χ1v) is 5.64. The van der Waals surface area contributed by atoms with E-state index >= 15 is 0 Å². The van der Waals surface area contributed by atoms with Crippen LogP contribution >= 0.6 is 0 Å². The van der Waals surface area contributed by atoms with Crippen molar-refractivity contribution in [1.82, 2.24) is 10.6 Å². The Balaban J connectivity index is 2.25. The summed E-state index contributed by atoms with van der Waals surface area (Å²) in [6, 6.07) is -0.427. The minimum atomic E-state index is -0.427. The molecule has 0 saturated heterocycles. The smallest absolute Gasteiger partial charge is 0.242 e. The minimum Gasteiger partial charge on any atom is -0.357 e. The summed E-state index contributed by atoms with van der Waals surface area (Å²) in [4.78, 5) is 22.7. The van der Waals surface area contributed by atoms with E-state index in [-0.39, 0.29) is 11.8 Å². The molecular formula is C11H20N2O2. The number of likely N-dealkylation sites (N-methyl/N-ethyl adjacent to an activating group) is 1. The van der Waals surface area contributed by atoms with Gasteiger partial charge in [0.05, 0.1) is 0 Å². The monoisotopic (exact) mass is 212 g/mol. The van der Waals surface area contributed by atoms with E-state index < -0.39 is 6.04 Å². The van der Waals surface area contributed by atoms with Gasteiger partial charge in [-0.1, -0.05) is 12.8 Å². The molecule has 15 heavy (non-hydrogen) atoms. The minimum absolute atomic E-state index is 0.00185. The molecule has 2 N–H and O–H groups in total. The van der Waals surface area contributed by atoms with Crippen molar-refractivity contribution in [2.75, 3.05) is 7.05 Å². The highest BCUT2D eigenvalue weighted by molar-refractivity contribution is 5.87. The van der Waals surface area contributed by atoms with Crippen molar-refractivity contribution >= 4 is 11.8 Å². The Hall–Kier alpha value is -1.06. The predicted molar refractivity (Wildman–Crippen MR) is 58.2 cm³/mol. The summed E-state index contributed by atoms with van der Waals surface area (Å²) >= 11 is 0. The van der Waals surface area contributed by atoms with Gasteiger partial charge >= 0.3 is 0 Å². The predicted octanol–water partition coefficient (Wildman–Crippen LogP) is 0.817. The third kappa shape index (κ3) is 3.90. The van der Waals surface area contributed by atoms with Crippen LogP contribution in [0.3, 0.4) is 0 Å². The van der Waals surface area contributed by atoms with Crippen LogP contribution in [0.1, 0.15) is 39.0 Å². The Bertz CT molecular complexity index is 235. The number of carbonyl (C=O) groups is 2. The first kappa shape index (κ1) is 12.0. The van der Waals surface area contributed by atoms with Gasteiger partial charge in [-0.05, 0) is 25.7 Å². The highest BCUT2D eigenvalue weighted by Crippen LogP contribution is 2.27. The number of hydrogen-bond donors (Lipinski definition) is 2. The molecule has 0 heterocycles. The van der Waals surface area contributed by atoms with Crippen LogP contribution in [0.15, 0.2) is 0 Å². The lowest BCUT2D eigenvalue weighted by atomic mass is 10.0. The summed E-state index contributed by atoms with van der Waals surface area (Å²) in [5, 5.41) is 5.22. The van der Waals surface area contributed by atoms with E-state index in [0.29, 0.717) is 12.3 Å². The number of nitrogens with one attached hydrogen (secondary N) is 2. The Kier molecular flexibility index (Phi) is 4.59. The highest BCUT2D eigenvalue weighted by Gasteiger charge is 2.20. The third-order valence-electron chi connectivity index (χ3n) is 2.97. The zero-order chi connectivity index (χ0) is 11.3. The van der Waals surface area contributed by atoms with Crippen molar-refractivity contribution in [2.24, 2.45) is 5.92 Å². The first-order valence-electron chi connectivity index (χ1n) is 5.64. The average Bonchev–Trinajstić information content (AvgIpc) is 2.68. The molecule has 0 spiro atoms. The fourth-order valence-corrected chi connectivity index (χ4v) is 2.06. The van der Waals surface area contributed by atoms with Gasteiger partial charge in [0.1, 0.15) is 6.04 Å². The zero-order valence-corrected chi connectivity index (χ0v) is 9.51. The van der Waals surface area contributed by atoms with E-state index in [4.69, 9.17) is 0 Å². The van der Waals surface area contributed by atoms with Gasteiger partial charge in [0.15, 0.2) is 0 Å². The summed E-state index contributed by atoms with van der Waals surface area (Å²) < 4.78 is 0. The molecule has 4 heteroatoms. The molecule has 0 aromatic rings. The van der Waals surface area contributed by atoms with Crippen LogP contribution in [0.25, 0.3) is 0 Å². The largest absolute Gasteiger partial charge is 0.357 e. The molecule has 0 aliphatic heterocycles. The van der Waals surface area contributed by atoms with Crippen molar-refractivity contribution in [3.8, 4) is 0 Å². The van der Waals surface area contributed by atoms with Crippen molar-refractivity contribution in [2.45, 2.75) is 45.1 Å². The molecule has 0 radical (unpaired) electrons. The molecule has 0 aromatic heterocycles. The molecular weight excluding hydrogens is 192 g/mol. The van der Waals surface area contributed by atoms with E-state index in [9.17, 15) is 9.59 Å². The lowest BCUT2D eigenvalue weighted by Gasteiger charge is -2.14. The topological polar surface area (TPSA) is 58.2 Å². The molecule has 1 aliphatic carbocycles. The molecule has 0 aromatic carbocycles. The van der Waals surface area contributed by atoms with Crippen molar-refractivity contribution in [3.63, 3.8) is 0 Å². The second-order valence-electron chi connectivity index (χ2n) is 4.26. The SMILES string of the molecule is CNC(=O)C(C)NC(=O)CC1CCCC1. The third-order valence-corrected chi connectivity index (χ3v) is 2.97. The molecule has 1 saturated carbocycles. The molecule has 4 nitrogen and oxygen atoms in total. The highest BCUT2D eigenvalue weighted by atomic mass is 16.2. The van der Waals surface area contributed by atoms with Crippen LogP contribution in [0.4, 0.5) is 0 Å². The Morgan fingerprint density at radius 3 is 2.47 bits per heavy atom. The summed E-state index contributed by atoms with van der Waals surface area (Å²) in [7, 11) is 1.57. The van der Waals surface area contributed by atoms with Crippen molar-refractivity contribution < 1.29 is 9.59 Å². The Morgan fingerprint density at radius 2 is 1.93 bits per heavy atom. The van der Waals surface area contributed by atoms with Crippen molar-refractivity contribution in [1.29, 1.82) is 0 Å². The second-order valence-corrected chi connectivity index (χ2v) is 4.26. The molecule has 1 fully saturated rings. The molecule has 0 bridgehead atoms. The standard InChI is InChI=1S/C11H20N2O2/c1-8(11(15)12-2)13-10(14)7-9-5-3-4-6-9/h8-9H,3-7H2,1-2H3,(H,12,15)(H,13,14). The van der Waals surface area contributed by atoms with Crippen molar-refractivity contribution in [3.05, 3.63) is 0 Å². The van der Waals surface area contributed by atoms with E-state index in [1.807, 2.05) is 0 Å². The molecule has 1 rings (SSSR count). The number of carbonyl (C=O) groups excluding carboxylic acids is 2. The van der Waals surface area contributed by atoms with Crippen LogP contribution in [0.2, 0.25) is 0 Å². The molecule has 1 atom stereocenters. The maximum absolute atomic E-state index is 11.5. The first-order chi connectivity index (χ1) is 7.13. The Labute approximate surface area is 90.8 Å². The summed E-state index contributed by atoms with van der Waals surface area (Å²) in [5.41, 5.74) is 0. The van der Waals surface area contributed by atoms with Gasteiger partial charge in [0, 0.05) is 13.5 Å². The average molecular weight is 212 g/mol. The van der Waals surface area contributed by atoms with Crippen LogP contribution in [-0.4, -0.2) is 24.9 Å². The van der Waals surface area contributed by atoms with Crippen LogP contribution in [0, 0.1) is 5.92 Å². The number of amides is 2. The Morgan fingerprint density at radius 1 is 1.33 bits per heavy atom. The van der Waals surface area contributed by atoms with Gasteiger partial charge in [0.25, 0.3) is 0 Å². The van der Waals surface area contributed by atoms with Gasteiger partial charge in [-0.3, -0.25) is 9.59 Å². The van der Waals surface area contributed by atoms with E-state index in [1.54, 1.807) is 14.0 Å². The van der Waals surface area contributed by atoms with Gasteiger partial charge in [-0.15, -0.1) is 0 Å². The fraction of sp³-hybridized carbons (Fsp3) is 0.818. The van der Waals surface area contributed by atoms with Gasteiger partial charge < -0.3 is 10.6 Å². The number of rotatable bonds is 4. The van der Waals surface area contributed by atoms with E-state index in [0.717, 1.165) is 12.8 Å². The summed E-state index contributed by atoms with van der Waals surface area (Å²) in [6.45, 7) is 1.70. The number of hydrogen-bond acceptors (Lipinski definition) is 2. The van der Waals surface area contributed by atoms with Crippen LogP contribution < -0.4 is 10.6 Å². The van der Waals surface area contributed by atoms with Gasteiger partial charge in [-0.2, -0.15) is 0 Å². The van der Waals surface area contributed by atoms with Crippen LogP contribution in [0.5, 0.6) is 0 Å². The molecule has 1 aliphatic rings. The molecule has 86 valence electrons. The van der Waals surface area contributed by atoms with E-state index in [1.165, 1.54) is 12.8 Å². The molecule has 1 unspecified atom stereocenters. The van der Waals surface area contributed by atoms with Gasteiger partial charge in [-0.25, -0.2) is 0 Å². The quantitative estimate of drug-likeness (QED) is 0.724. The lowest BCUT2D eigenvalue weighted by molar-refractivity contribution is -0.128. The van der Waals surface area contributed by atoms with E-state index in [2.05, 4.69) is 10.6 Å². The maximum Gasteiger partial charge on any atom is 0.242 e. The summed E-state index contributed by atoms with van der Waals surface area (Å²) in [6.07, 6.45) is 5.36. The second kappa shape index (κ2) is 5.73.